The molecule has 0 aromatic rings. The standard InChI is InChI=1S/C5H8F/c1-4-2-3-5(4)6/h5H,2-3H2,1H3. The van der Waals surface area contributed by atoms with Crippen molar-refractivity contribution in [1.29, 1.82) is 0 Å². The first-order chi connectivity index (χ1) is 2.80. The molecule has 0 spiro atoms. The molecule has 1 heteroatoms. The molecule has 1 atom stereocenters. The van der Waals surface area contributed by atoms with Crippen LogP contribution in [0.1, 0.15) is 19.8 Å². The van der Waals surface area contributed by atoms with Crippen molar-refractivity contribution in [2.75, 3.05) is 0 Å². The SMILES string of the molecule is C[C]1CCC1F. The molecular formula is C5H8F. The summed E-state index contributed by atoms with van der Waals surface area (Å²) in [4.78, 5) is 0. The number of halogens is 1. The van der Waals surface area contributed by atoms with Crippen molar-refractivity contribution in [3.8, 4) is 0 Å². The van der Waals surface area contributed by atoms with Crippen molar-refractivity contribution in [3.05, 3.63) is 5.92 Å². The maximum Gasteiger partial charge on any atom is 0.106 e. The molecule has 1 rings (SSSR count). The zero-order valence-corrected chi connectivity index (χ0v) is 3.87. The summed E-state index contributed by atoms with van der Waals surface area (Å²) in [7, 11) is 0. The van der Waals surface area contributed by atoms with Gasteiger partial charge in [-0.3, -0.25) is 0 Å². The molecule has 1 aliphatic carbocycles. The van der Waals surface area contributed by atoms with Gasteiger partial charge in [-0.25, -0.2) is 4.39 Å². The van der Waals surface area contributed by atoms with E-state index in [1.54, 1.807) is 0 Å². The van der Waals surface area contributed by atoms with Gasteiger partial charge in [-0.2, -0.15) is 0 Å². The predicted octanol–water partition coefficient (Wildman–Crippen LogP) is 1.71. The van der Waals surface area contributed by atoms with Gasteiger partial charge in [0, 0.05) is 5.92 Å². The van der Waals surface area contributed by atoms with Gasteiger partial charge in [-0.05, 0) is 12.8 Å². The first-order valence-electron chi connectivity index (χ1n) is 2.27. The molecular weight excluding hydrogens is 79.1 g/mol. The van der Waals surface area contributed by atoms with E-state index in [4.69, 9.17) is 0 Å². The highest BCUT2D eigenvalue weighted by atomic mass is 19.1. The Morgan fingerprint density at radius 3 is 2.33 bits per heavy atom. The third kappa shape index (κ3) is 0.423. The van der Waals surface area contributed by atoms with Crippen LogP contribution in [0.15, 0.2) is 0 Å². The molecule has 1 fully saturated rings. The van der Waals surface area contributed by atoms with E-state index in [9.17, 15) is 4.39 Å². The Bertz CT molecular complexity index is 43.9. The molecule has 0 aliphatic heterocycles. The topological polar surface area (TPSA) is 0 Å². The molecule has 0 nitrogen and oxygen atoms in total. The van der Waals surface area contributed by atoms with Gasteiger partial charge in [0.05, 0.1) is 0 Å². The summed E-state index contributed by atoms with van der Waals surface area (Å²) in [5, 5.41) is 0. The van der Waals surface area contributed by atoms with Crippen molar-refractivity contribution in [3.63, 3.8) is 0 Å². The molecule has 0 heterocycles. The fourth-order valence-corrected chi connectivity index (χ4v) is 0.542. The largest absolute Gasteiger partial charge is 0.247 e. The summed E-state index contributed by atoms with van der Waals surface area (Å²) in [5.41, 5.74) is 0. The Morgan fingerprint density at radius 2 is 2.33 bits per heavy atom. The van der Waals surface area contributed by atoms with Crippen LogP contribution in [0.4, 0.5) is 4.39 Å². The molecule has 1 saturated carbocycles. The van der Waals surface area contributed by atoms with E-state index < -0.39 is 6.17 Å². The first kappa shape index (κ1) is 4.10. The van der Waals surface area contributed by atoms with Crippen molar-refractivity contribution < 1.29 is 4.39 Å². The average molecular weight is 87.1 g/mol. The highest BCUT2D eigenvalue weighted by Crippen LogP contribution is 2.31. The minimum Gasteiger partial charge on any atom is -0.247 e. The zero-order chi connectivity index (χ0) is 4.57. The maximum atomic E-state index is 11.9. The molecule has 6 heavy (non-hydrogen) atoms. The lowest BCUT2D eigenvalue weighted by Gasteiger charge is -2.24. The van der Waals surface area contributed by atoms with Gasteiger partial charge >= 0.3 is 0 Å². The van der Waals surface area contributed by atoms with E-state index in [0.717, 1.165) is 18.8 Å². The van der Waals surface area contributed by atoms with Crippen molar-refractivity contribution in [2.45, 2.75) is 25.9 Å². The van der Waals surface area contributed by atoms with Crippen LogP contribution in [-0.2, 0) is 0 Å². The quantitative estimate of drug-likeness (QED) is 0.422. The summed E-state index contributed by atoms with van der Waals surface area (Å²) in [6, 6.07) is 0. The second kappa shape index (κ2) is 1.21. The first-order valence-corrected chi connectivity index (χ1v) is 2.27. The summed E-state index contributed by atoms with van der Waals surface area (Å²) in [6.45, 7) is 1.87. The van der Waals surface area contributed by atoms with E-state index >= 15 is 0 Å². The van der Waals surface area contributed by atoms with Gasteiger partial charge in [0.25, 0.3) is 0 Å². The van der Waals surface area contributed by atoms with Crippen LogP contribution in [0.5, 0.6) is 0 Å². The molecule has 0 bridgehead atoms. The summed E-state index contributed by atoms with van der Waals surface area (Å²) >= 11 is 0. The van der Waals surface area contributed by atoms with Crippen molar-refractivity contribution >= 4 is 0 Å². The van der Waals surface area contributed by atoms with E-state index in [1.807, 2.05) is 6.92 Å². The van der Waals surface area contributed by atoms with Crippen molar-refractivity contribution in [2.24, 2.45) is 0 Å². The molecule has 0 aromatic carbocycles. The summed E-state index contributed by atoms with van der Waals surface area (Å²) in [5.74, 6) is 1.02. The van der Waals surface area contributed by atoms with E-state index in [2.05, 4.69) is 0 Å². The normalized spacial score (nSPS) is 36.0. The third-order valence-corrected chi connectivity index (χ3v) is 1.33. The van der Waals surface area contributed by atoms with Crippen LogP contribution in [0.2, 0.25) is 0 Å². The Balaban J connectivity index is 2.20. The van der Waals surface area contributed by atoms with Gasteiger partial charge in [-0.1, -0.05) is 6.92 Å². The molecule has 1 aliphatic rings. The lowest BCUT2D eigenvalue weighted by molar-refractivity contribution is 0.247. The second-order valence-electron chi connectivity index (χ2n) is 1.85. The molecule has 0 aromatic heterocycles. The Labute approximate surface area is 37.4 Å². The number of hydrogen-bond donors (Lipinski definition) is 0. The molecule has 1 unspecified atom stereocenters. The fourth-order valence-electron chi connectivity index (χ4n) is 0.542. The van der Waals surface area contributed by atoms with Crippen LogP contribution in [0.25, 0.3) is 0 Å². The second-order valence-corrected chi connectivity index (χ2v) is 1.85. The Kier molecular flexibility index (Phi) is 0.827. The minimum absolute atomic E-state index is 0.551. The van der Waals surface area contributed by atoms with Gasteiger partial charge in [0.2, 0.25) is 0 Å². The molecule has 1 radical (unpaired) electrons. The minimum atomic E-state index is -0.551. The van der Waals surface area contributed by atoms with Crippen LogP contribution < -0.4 is 0 Å². The van der Waals surface area contributed by atoms with Crippen LogP contribution in [0.3, 0.4) is 0 Å². The van der Waals surface area contributed by atoms with E-state index in [1.165, 1.54) is 0 Å². The van der Waals surface area contributed by atoms with E-state index in [-0.39, 0.29) is 0 Å². The van der Waals surface area contributed by atoms with Crippen LogP contribution in [-0.4, -0.2) is 6.17 Å². The monoisotopic (exact) mass is 87.1 g/mol. The van der Waals surface area contributed by atoms with Gasteiger partial charge in [0.1, 0.15) is 6.17 Å². The molecule has 0 amide bonds. The zero-order valence-electron chi connectivity index (χ0n) is 3.87. The van der Waals surface area contributed by atoms with Crippen LogP contribution in [0, 0.1) is 5.92 Å². The van der Waals surface area contributed by atoms with Crippen LogP contribution >= 0.6 is 0 Å². The molecule has 0 saturated heterocycles. The smallest absolute Gasteiger partial charge is 0.106 e. The fraction of sp³-hybridized carbons (Fsp3) is 0.800. The average Bonchev–Trinajstić information content (AvgIpc) is 1.61. The van der Waals surface area contributed by atoms with E-state index in [0.29, 0.717) is 0 Å². The van der Waals surface area contributed by atoms with Gasteiger partial charge in [-0.15, -0.1) is 0 Å². The van der Waals surface area contributed by atoms with Crippen molar-refractivity contribution in [1.82, 2.24) is 0 Å². The number of alkyl halides is 1. The summed E-state index contributed by atoms with van der Waals surface area (Å²) < 4.78 is 11.9. The lowest BCUT2D eigenvalue weighted by Crippen LogP contribution is -2.21. The van der Waals surface area contributed by atoms with Gasteiger partial charge < -0.3 is 0 Å². The molecule has 0 N–H and O–H groups in total. The maximum absolute atomic E-state index is 11.9. The number of hydrogen-bond acceptors (Lipinski definition) is 0. The predicted molar refractivity (Wildman–Crippen MR) is 23.0 cm³/mol. The highest BCUT2D eigenvalue weighted by Gasteiger charge is 2.25. The summed E-state index contributed by atoms with van der Waals surface area (Å²) in [6.07, 6.45) is 1.23. The highest BCUT2D eigenvalue weighted by molar-refractivity contribution is 5.02. The lowest BCUT2D eigenvalue weighted by atomic mass is 9.85. The third-order valence-electron chi connectivity index (χ3n) is 1.33. The molecule has 35 valence electrons. The van der Waals surface area contributed by atoms with Gasteiger partial charge in [0.15, 0.2) is 0 Å². The number of rotatable bonds is 0. The Morgan fingerprint density at radius 1 is 1.83 bits per heavy atom. The Hall–Kier alpha value is -0.0700.